The minimum atomic E-state index is -0.703. The van der Waals surface area contributed by atoms with Crippen LogP contribution in [0.4, 0.5) is 10.1 Å². The van der Waals surface area contributed by atoms with Crippen LogP contribution >= 0.6 is 11.6 Å². The molecule has 11 nitrogen and oxygen atoms in total. The summed E-state index contributed by atoms with van der Waals surface area (Å²) in [7, 11) is 3.04. The molecule has 0 aliphatic carbocycles. The molecule has 4 heterocycles. The van der Waals surface area contributed by atoms with E-state index in [4.69, 9.17) is 25.8 Å². The Morgan fingerprint density at radius 1 is 1.02 bits per heavy atom. The molecule has 1 aliphatic rings. The largest absolute Gasteiger partial charge is 0.493 e. The predicted octanol–water partition coefficient (Wildman–Crippen LogP) is 6.14. The summed E-state index contributed by atoms with van der Waals surface area (Å²) in [6, 6.07) is 12.5. The van der Waals surface area contributed by atoms with E-state index >= 15 is 4.39 Å². The standard InChI is InChI=1S/C34H34ClFN6O5/c1-21-32(40(2)34(44)42(21)31-10-7-22(35)20-38-31)33(43)39-23-8-9-28(25(36)17-23)47-27-11-12-37-26-19-30(29(45-3)18-24(26)27)46-16-6-15-41-13-4-5-14-41/h7-12,17-20H,4-6,13-16H2,1-3H3,(H,39,43). The van der Waals surface area contributed by atoms with Crippen LogP contribution in [-0.4, -0.2) is 63.3 Å². The number of nitrogens with one attached hydrogen (secondary N) is 1. The normalized spacial score (nSPS) is 13.2. The Morgan fingerprint density at radius 3 is 2.55 bits per heavy atom. The number of aromatic nitrogens is 4. The molecule has 1 amide bonds. The molecule has 13 heteroatoms. The Hall–Kier alpha value is -4.94. The van der Waals surface area contributed by atoms with Crippen LogP contribution in [-0.2, 0) is 7.05 Å². The Balaban J connectivity index is 1.17. The minimum absolute atomic E-state index is 0.0553. The van der Waals surface area contributed by atoms with Crippen LogP contribution in [0.15, 0.2) is 65.7 Å². The first kappa shape index (κ1) is 32.0. The molecule has 3 aromatic heterocycles. The maximum Gasteiger partial charge on any atom is 0.334 e. The fourth-order valence-corrected chi connectivity index (χ4v) is 5.87. The Kier molecular flexibility index (Phi) is 9.41. The second kappa shape index (κ2) is 13.8. The lowest BCUT2D eigenvalue weighted by Gasteiger charge is -2.16. The highest BCUT2D eigenvalue weighted by Gasteiger charge is 2.23. The highest BCUT2D eigenvalue weighted by molar-refractivity contribution is 6.30. The van der Waals surface area contributed by atoms with Gasteiger partial charge in [0.15, 0.2) is 23.1 Å². The number of amides is 1. The number of pyridine rings is 2. The Labute approximate surface area is 275 Å². The zero-order valence-electron chi connectivity index (χ0n) is 26.3. The van der Waals surface area contributed by atoms with Crippen LogP contribution in [0.5, 0.6) is 23.0 Å². The lowest BCUT2D eigenvalue weighted by molar-refractivity contribution is 0.101. The molecule has 0 unspecified atom stereocenters. The molecule has 0 radical (unpaired) electrons. The Morgan fingerprint density at radius 2 is 1.83 bits per heavy atom. The third-order valence-corrected chi connectivity index (χ3v) is 8.34. The molecule has 1 N–H and O–H groups in total. The van der Waals surface area contributed by atoms with Gasteiger partial charge in [0.05, 0.1) is 29.9 Å². The number of fused-ring (bicyclic) bond motifs is 1. The van der Waals surface area contributed by atoms with Crippen LogP contribution in [0.2, 0.25) is 5.02 Å². The molecule has 0 saturated carbocycles. The second-order valence-electron chi connectivity index (χ2n) is 11.2. The summed E-state index contributed by atoms with van der Waals surface area (Å²) in [4.78, 5) is 37.3. The SMILES string of the molecule is COc1cc2c(Oc3ccc(NC(=O)c4c(C)n(-c5ccc(Cl)cn5)c(=O)n4C)cc3F)ccnc2cc1OCCCN1CCCC1. The zero-order chi connectivity index (χ0) is 33.1. The van der Waals surface area contributed by atoms with Crippen molar-refractivity contribution in [2.24, 2.45) is 7.05 Å². The van der Waals surface area contributed by atoms with Crippen molar-refractivity contribution in [3.8, 4) is 28.8 Å². The van der Waals surface area contributed by atoms with Gasteiger partial charge in [-0.05, 0) is 75.7 Å². The topological polar surface area (TPSA) is 113 Å². The van der Waals surface area contributed by atoms with Crippen LogP contribution in [0, 0.1) is 12.7 Å². The van der Waals surface area contributed by atoms with E-state index in [1.807, 2.05) is 0 Å². The number of halogens is 2. The van der Waals surface area contributed by atoms with E-state index in [9.17, 15) is 9.59 Å². The van der Waals surface area contributed by atoms with Gasteiger partial charge in [0.1, 0.15) is 17.3 Å². The number of benzene rings is 2. The number of imidazole rings is 1. The molecule has 5 aromatic rings. The highest BCUT2D eigenvalue weighted by Crippen LogP contribution is 2.38. The summed E-state index contributed by atoms with van der Waals surface area (Å²) in [6.45, 7) is 5.46. The van der Waals surface area contributed by atoms with E-state index in [-0.39, 0.29) is 17.1 Å². The molecule has 47 heavy (non-hydrogen) atoms. The molecule has 1 saturated heterocycles. The third kappa shape index (κ3) is 6.79. The summed E-state index contributed by atoms with van der Waals surface area (Å²) in [5.74, 6) is 0.422. The van der Waals surface area contributed by atoms with E-state index in [0.29, 0.717) is 51.3 Å². The van der Waals surface area contributed by atoms with Gasteiger partial charge in [-0.2, -0.15) is 0 Å². The molecular formula is C34H34ClFN6O5. The van der Waals surface area contributed by atoms with Gasteiger partial charge in [-0.25, -0.2) is 18.7 Å². The number of carbonyl (C=O) groups excluding carboxylic acids is 1. The van der Waals surface area contributed by atoms with Gasteiger partial charge in [0.25, 0.3) is 5.91 Å². The quantitative estimate of drug-likeness (QED) is 0.168. The molecule has 244 valence electrons. The first-order valence-electron chi connectivity index (χ1n) is 15.2. The van der Waals surface area contributed by atoms with Crippen molar-refractivity contribution in [1.82, 2.24) is 24.0 Å². The molecule has 0 bridgehead atoms. The number of nitrogens with zero attached hydrogens (tertiary/aromatic N) is 5. The average Bonchev–Trinajstić information content (AvgIpc) is 3.66. The van der Waals surface area contributed by atoms with Crippen molar-refractivity contribution in [3.05, 3.63) is 93.6 Å². The fourth-order valence-electron chi connectivity index (χ4n) is 5.76. The maximum absolute atomic E-state index is 15.3. The summed E-state index contributed by atoms with van der Waals surface area (Å²) in [6.07, 6.45) is 6.40. The first-order chi connectivity index (χ1) is 22.7. The summed E-state index contributed by atoms with van der Waals surface area (Å²) in [5, 5.41) is 3.70. The smallest absolute Gasteiger partial charge is 0.334 e. The zero-order valence-corrected chi connectivity index (χ0v) is 27.0. The monoisotopic (exact) mass is 660 g/mol. The second-order valence-corrected chi connectivity index (χ2v) is 11.7. The van der Waals surface area contributed by atoms with Crippen molar-refractivity contribution in [2.45, 2.75) is 26.2 Å². The molecule has 1 aliphatic heterocycles. The van der Waals surface area contributed by atoms with Gasteiger partial charge in [-0.1, -0.05) is 11.6 Å². The number of methoxy groups -OCH3 is 1. The van der Waals surface area contributed by atoms with Crippen molar-refractivity contribution in [1.29, 1.82) is 0 Å². The van der Waals surface area contributed by atoms with E-state index in [0.717, 1.165) is 32.1 Å². The number of ether oxygens (including phenoxy) is 3. The van der Waals surface area contributed by atoms with Crippen molar-refractivity contribution >= 4 is 34.1 Å². The van der Waals surface area contributed by atoms with E-state index in [2.05, 4.69) is 20.2 Å². The van der Waals surface area contributed by atoms with Crippen molar-refractivity contribution < 1.29 is 23.4 Å². The van der Waals surface area contributed by atoms with Gasteiger partial charge in [0.2, 0.25) is 0 Å². The highest BCUT2D eigenvalue weighted by atomic mass is 35.5. The van der Waals surface area contributed by atoms with Gasteiger partial charge in [0, 0.05) is 49.2 Å². The first-order valence-corrected chi connectivity index (χ1v) is 15.6. The lowest BCUT2D eigenvalue weighted by Crippen LogP contribution is -2.24. The predicted molar refractivity (Wildman–Crippen MR) is 177 cm³/mol. The number of hydrogen-bond acceptors (Lipinski definition) is 8. The van der Waals surface area contributed by atoms with Crippen LogP contribution in [0.25, 0.3) is 16.7 Å². The van der Waals surface area contributed by atoms with Crippen LogP contribution < -0.4 is 25.2 Å². The Bertz CT molecular complexity index is 1990. The van der Waals surface area contributed by atoms with Gasteiger partial charge in [-0.3, -0.25) is 14.3 Å². The van der Waals surface area contributed by atoms with Crippen molar-refractivity contribution in [3.63, 3.8) is 0 Å². The number of carbonyl (C=O) groups is 1. The molecule has 0 spiro atoms. The number of likely N-dealkylation sites (tertiary alicyclic amines) is 1. The average molecular weight is 661 g/mol. The summed E-state index contributed by atoms with van der Waals surface area (Å²) < 4.78 is 35.5. The molecular weight excluding hydrogens is 627 g/mol. The minimum Gasteiger partial charge on any atom is -0.493 e. The van der Waals surface area contributed by atoms with E-state index < -0.39 is 17.4 Å². The van der Waals surface area contributed by atoms with E-state index in [1.54, 1.807) is 50.6 Å². The fraction of sp³-hybridized carbons (Fsp3) is 0.294. The number of hydrogen-bond donors (Lipinski definition) is 1. The number of anilines is 1. The van der Waals surface area contributed by atoms with Gasteiger partial charge >= 0.3 is 5.69 Å². The van der Waals surface area contributed by atoms with Crippen LogP contribution in [0.3, 0.4) is 0 Å². The van der Waals surface area contributed by atoms with E-state index in [1.165, 1.54) is 47.4 Å². The van der Waals surface area contributed by atoms with Crippen LogP contribution in [0.1, 0.15) is 35.4 Å². The molecule has 1 fully saturated rings. The maximum atomic E-state index is 15.3. The third-order valence-electron chi connectivity index (χ3n) is 8.12. The lowest BCUT2D eigenvalue weighted by atomic mass is 10.1. The summed E-state index contributed by atoms with van der Waals surface area (Å²) >= 11 is 5.93. The van der Waals surface area contributed by atoms with Crippen molar-refractivity contribution in [2.75, 3.05) is 38.7 Å². The molecule has 2 aromatic carbocycles. The van der Waals surface area contributed by atoms with Gasteiger partial charge < -0.3 is 24.4 Å². The molecule has 0 atom stereocenters. The number of rotatable bonds is 11. The van der Waals surface area contributed by atoms with Gasteiger partial charge in [-0.15, -0.1) is 0 Å². The molecule has 6 rings (SSSR count). The summed E-state index contributed by atoms with van der Waals surface area (Å²) in [5.41, 5.74) is 0.774.